The maximum absolute atomic E-state index is 12.3. The first-order valence-corrected chi connectivity index (χ1v) is 5.98. The van der Waals surface area contributed by atoms with Crippen LogP contribution in [-0.2, 0) is 4.74 Å². The molecule has 8 nitrogen and oxygen atoms in total. The number of rotatable bonds is 3. The average molecular weight is 273 g/mol. The Balaban J connectivity index is 2.17. The summed E-state index contributed by atoms with van der Waals surface area (Å²) in [7, 11) is 0. The van der Waals surface area contributed by atoms with Gasteiger partial charge in [0.1, 0.15) is 5.56 Å². The van der Waals surface area contributed by atoms with Crippen LogP contribution in [0.25, 0.3) is 16.9 Å². The highest BCUT2D eigenvalue weighted by molar-refractivity contribution is 5.95. The summed E-state index contributed by atoms with van der Waals surface area (Å²) < 4.78 is 6.10. The Morgan fingerprint density at radius 2 is 2.35 bits per heavy atom. The van der Waals surface area contributed by atoms with Crippen LogP contribution in [-0.4, -0.2) is 37.4 Å². The number of H-pyrrole nitrogens is 2. The number of ether oxygens (including phenoxy) is 1. The highest BCUT2D eigenvalue weighted by Gasteiger charge is 2.17. The van der Waals surface area contributed by atoms with Crippen molar-refractivity contribution in [2.24, 2.45) is 0 Å². The van der Waals surface area contributed by atoms with Gasteiger partial charge in [0.25, 0.3) is 5.56 Å². The van der Waals surface area contributed by atoms with Crippen molar-refractivity contribution in [3.63, 3.8) is 0 Å². The van der Waals surface area contributed by atoms with Crippen molar-refractivity contribution in [3.8, 4) is 11.3 Å². The molecule has 0 aliphatic rings. The highest BCUT2D eigenvalue weighted by atomic mass is 16.5. The number of carbonyl (C=O) groups excluding carboxylic acids is 1. The molecule has 2 N–H and O–H groups in total. The predicted molar refractivity (Wildman–Crippen MR) is 69.4 cm³/mol. The summed E-state index contributed by atoms with van der Waals surface area (Å²) in [4.78, 5) is 28.2. The number of nitrogens with one attached hydrogen (secondary N) is 2. The van der Waals surface area contributed by atoms with Crippen molar-refractivity contribution in [3.05, 3.63) is 40.6 Å². The molecule has 20 heavy (non-hydrogen) atoms. The van der Waals surface area contributed by atoms with E-state index >= 15 is 0 Å². The summed E-state index contributed by atoms with van der Waals surface area (Å²) >= 11 is 0. The van der Waals surface area contributed by atoms with E-state index in [0.29, 0.717) is 11.3 Å². The van der Waals surface area contributed by atoms with Crippen LogP contribution in [0.2, 0.25) is 0 Å². The van der Waals surface area contributed by atoms with E-state index in [4.69, 9.17) is 4.74 Å². The number of esters is 1. The zero-order chi connectivity index (χ0) is 14.1. The quantitative estimate of drug-likeness (QED) is 0.679. The van der Waals surface area contributed by atoms with Gasteiger partial charge in [-0.2, -0.15) is 5.10 Å². The molecule has 0 spiro atoms. The number of aromatic nitrogens is 5. The Bertz CT molecular complexity index is 815. The van der Waals surface area contributed by atoms with E-state index in [1.165, 1.54) is 16.9 Å². The second-order valence-electron chi connectivity index (χ2n) is 4.01. The van der Waals surface area contributed by atoms with Gasteiger partial charge < -0.3 is 4.74 Å². The second-order valence-corrected chi connectivity index (χ2v) is 4.01. The number of hydrogen-bond acceptors (Lipinski definition) is 5. The molecular formula is C12H11N5O3. The molecular weight excluding hydrogens is 262 g/mol. The molecule has 0 unspecified atom stereocenters. The summed E-state index contributed by atoms with van der Waals surface area (Å²) in [6, 6.07) is 1.67. The van der Waals surface area contributed by atoms with Gasteiger partial charge in [-0.05, 0) is 13.0 Å². The SMILES string of the molecule is CCOC(=O)c1c[nH]n2c(=O)c(-c3ccn[nH]3)cnc12. The molecule has 3 aromatic heterocycles. The minimum Gasteiger partial charge on any atom is -0.462 e. The maximum Gasteiger partial charge on any atom is 0.343 e. The second kappa shape index (κ2) is 4.65. The molecule has 102 valence electrons. The zero-order valence-electron chi connectivity index (χ0n) is 10.6. The van der Waals surface area contributed by atoms with Crippen LogP contribution < -0.4 is 5.56 Å². The average Bonchev–Trinajstić information content (AvgIpc) is 3.08. The molecule has 0 bridgehead atoms. The van der Waals surface area contributed by atoms with Gasteiger partial charge in [-0.25, -0.2) is 14.3 Å². The van der Waals surface area contributed by atoms with Crippen molar-refractivity contribution in [1.82, 2.24) is 24.8 Å². The van der Waals surface area contributed by atoms with E-state index in [9.17, 15) is 9.59 Å². The molecule has 0 aliphatic carbocycles. The Labute approximate surface area is 112 Å². The lowest BCUT2D eigenvalue weighted by Gasteiger charge is -2.00. The molecule has 0 radical (unpaired) electrons. The summed E-state index contributed by atoms with van der Waals surface area (Å²) in [6.07, 6.45) is 4.35. The minimum absolute atomic E-state index is 0.222. The maximum atomic E-state index is 12.3. The largest absolute Gasteiger partial charge is 0.462 e. The van der Waals surface area contributed by atoms with Gasteiger partial charge in [-0.1, -0.05) is 0 Å². The Kier molecular flexibility index (Phi) is 2.82. The van der Waals surface area contributed by atoms with Gasteiger partial charge in [-0.3, -0.25) is 15.0 Å². The van der Waals surface area contributed by atoms with E-state index in [1.54, 1.807) is 19.2 Å². The lowest BCUT2D eigenvalue weighted by molar-refractivity contribution is 0.0528. The molecule has 0 saturated carbocycles. The molecule has 0 atom stereocenters. The fourth-order valence-electron chi connectivity index (χ4n) is 1.91. The van der Waals surface area contributed by atoms with Crippen LogP contribution in [0.1, 0.15) is 17.3 Å². The summed E-state index contributed by atoms with van der Waals surface area (Å²) in [5, 5.41) is 9.20. The molecule has 0 aliphatic heterocycles. The van der Waals surface area contributed by atoms with Gasteiger partial charge in [0.2, 0.25) is 0 Å². The van der Waals surface area contributed by atoms with E-state index < -0.39 is 5.97 Å². The third kappa shape index (κ3) is 1.78. The zero-order valence-corrected chi connectivity index (χ0v) is 10.6. The van der Waals surface area contributed by atoms with E-state index in [-0.39, 0.29) is 23.4 Å². The van der Waals surface area contributed by atoms with Gasteiger partial charge in [0.05, 0.1) is 17.9 Å². The first kappa shape index (κ1) is 12.2. The van der Waals surface area contributed by atoms with Crippen LogP contribution in [0.5, 0.6) is 0 Å². The molecule has 8 heteroatoms. The summed E-state index contributed by atoms with van der Waals surface area (Å²) in [5.74, 6) is -0.521. The van der Waals surface area contributed by atoms with Gasteiger partial charge >= 0.3 is 5.97 Å². The van der Waals surface area contributed by atoms with E-state index in [2.05, 4.69) is 20.3 Å². The number of hydrogen-bond donors (Lipinski definition) is 2. The smallest absolute Gasteiger partial charge is 0.343 e. The number of fused-ring (bicyclic) bond motifs is 1. The standard InChI is InChI=1S/C12H11N5O3/c1-2-20-12(19)8-6-15-17-10(8)13-5-7(11(17)18)9-3-4-14-16-9/h3-6,15H,2H2,1H3,(H,14,16). The Hall–Kier alpha value is -2.90. The topological polar surface area (TPSA) is 105 Å². The molecule has 3 aromatic rings. The van der Waals surface area contributed by atoms with Gasteiger partial charge in [0.15, 0.2) is 5.65 Å². The third-order valence-corrected chi connectivity index (χ3v) is 2.83. The van der Waals surface area contributed by atoms with E-state index in [1.807, 2.05) is 0 Å². The fraction of sp³-hybridized carbons (Fsp3) is 0.167. The van der Waals surface area contributed by atoms with Crippen molar-refractivity contribution in [1.29, 1.82) is 0 Å². The number of aromatic amines is 2. The highest BCUT2D eigenvalue weighted by Crippen LogP contribution is 2.13. The molecule has 0 aromatic carbocycles. The van der Waals surface area contributed by atoms with Gasteiger partial charge in [0, 0.05) is 18.6 Å². The summed E-state index contributed by atoms with van der Waals surface area (Å²) in [6.45, 7) is 1.97. The third-order valence-electron chi connectivity index (χ3n) is 2.83. The summed E-state index contributed by atoms with van der Waals surface area (Å²) in [5.41, 5.74) is 1.05. The van der Waals surface area contributed by atoms with Crippen molar-refractivity contribution >= 4 is 11.6 Å². The number of nitrogens with zero attached hydrogens (tertiary/aromatic N) is 3. The van der Waals surface area contributed by atoms with Gasteiger partial charge in [-0.15, -0.1) is 0 Å². The fourth-order valence-corrected chi connectivity index (χ4v) is 1.91. The first-order valence-electron chi connectivity index (χ1n) is 5.98. The van der Waals surface area contributed by atoms with Crippen LogP contribution in [0, 0.1) is 0 Å². The van der Waals surface area contributed by atoms with Crippen LogP contribution in [0.15, 0.2) is 29.5 Å². The molecule has 0 fully saturated rings. The normalized spacial score (nSPS) is 10.8. The lowest BCUT2D eigenvalue weighted by atomic mass is 10.2. The van der Waals surface area contributed by atoms with E-state index in [0.717, 1.165) is 0 Å². The lowest BCUT2D eigenvalue weighted by Crippen LogP contribution is -2.17. The Morgan fingerprint density at radius 3 is 3.05 bits per heavy atom. The number of carbonyl (C=O) groups is 1. The van der Waals surface area contributed by atoms with Crippen molar-refractivity contribution < 1.29 is 9.53 Å². The molecule has 0 saturated heterocycles. The van der Waals surface area contributed by atoms with Crippen molar-refractivity contribution in [2.75, 3.05) is 6.61 Å². The minimum atomic E-state index is -0.521. The van der Waals surface area contributed by atoms with Crippen LogP contribution >= 0.6 is 0 Å². The van der Waals surface area contributed by atoms with Crippen molar-refractivity contribution in [2.45, 2.75) is 6.92 Å². The predicted octanol–water partition coefficient (Wildman–Crippen LogP) is 0.589. The molecule has 0 amide bonds. The van der Waals surface area contributed by atoms with Crippen LogP contribution in [0.3, 0.4) is 0 Å². The first-order chi connectivity index (χ1) is 9.72. The van der Waals surface area contributed by atoms with Crippen LogP contribution in [0.4, 0.5) is 0 Å². The molecule has 3 heterocycles. The molecule has 3 rings (SSSR count). The monoisotopic (exact) mass is 273 g/mol. The Morgan fingerprint density at radius 1 is 1.50 bits per heavy atom.